The lowest BCUT2D eigenvalue weighted by molar-refractivity contribution is -0.135. The maximum atomic E-state index is 12.5. The molecule has 0 aliphatic carbocycles. The third-order valence-electron chi connectivity index (χ3n) is 4.81. The predicted octanol–water partition coefficient (Wildman–Crippen LogP) is 1.31. The number of hydrogen-bond acceptors (Lipinski definition) is 3. The van der Waals surface area contributed by atoms with Gasteiger partial charge in [0.2, 0.25) is 11.8 Å². The first-order valence-corrected chi connectivity index (χ1v) is 8.72. The number of amides is 4. The van der Waals surface area contributed by atoms with Gasteiger partial charge in [-0.3, -0.25) is 14.5 Å². The smallest absolute Gasteiger partial charge is 0.325 e. The molecule has 0 aromatic heterocycles. The summed E-state index contributed by atoms with van der Waals surface area (Å²) in [7, 11) is 0. The highest BCUT2D eigenvalue weighted by Gasteiger charge is 2.33. The van der Waals surface area contributed by atoms with E-state index >= 15 is 0 Å². The van der Waals surface area contributed by atoms with Crippen molar-refractivity contribution >= 4 is 35.1 Å². The number of nitrogens with two attached hydrogens (primary N) is 1. The van der Waals surface area contributed by atoms with Crippen molar-refractivity contribution in [3.05, 3.63) is 29.3 Å². The summed E-state index contributed by atoms with van der Waals surface area (Å²) in [5.41, 5.74) is 6.08. The van der Waals surface area contributed by atoms with E-state index in [0.29, 0.717) is 44.0 Å². The first-order chi connectivity index (χ1) is 12.0. The molecule has 2 N–H and O–H groups in total. The Labute approximate surface area is 151 Å². The number of benzene rings is 1. The van der Waals surface area contributed by atoms with Crippen LogP contribution in [-0.4, -0.2) is 60.4 Å². The minimum absolute atomic E-state index is 0.0597. The molecule has 2 aliphatic heterocycles. The number of primary amides is 1. The summed E-state index contributed by atoms with van der Waals surface area (Å²) < 4.78 is 0. The lowest BCUT2D eigenvalue weighted by atomic mass is 9.96. The number of likely N-dealkylation sites (tertiary alicyclic amines) is 1. The molecule has 2 fully saturated rings. The van der Waals surface area contributed by atoms with E-state index in [9.17, 15) is 14.4 Å². The first kappa shape index (κ1) is 17.5. The summed E-state index contributed by atoms with van der Waals surface area (Å²) in [6.07, 6.45) is 1.18. The molecule has 4 amide bonds. The maximum absolute atomic E-state index is 12.5. The molecule has 2 heterocycles. The van der Waals surface area contributed by atoms with Crippen molar-refractivity contribution < 1.29 is 14.4 Å². The first-order valence-electron chi connectivity index (χ1n) is 8.35. The molecule has 0 spiro atoms. The van der Waals surface area contributed by atoms with E-state index < -0.39 is 0 Å². The molecule has 3 rings (SSSR count). The summed E-state index contributed by atoms with van der Waals surface area (Å²) >= 11 is 5.88. The van der Waals surface area contributed by atoms with Gasteiger partial charge in [-0.1, -0.05) is 11.6 Å². The summed E-state index contributed by atoms with van der Waals surface area (Å²) in [4.78, 5) is 41.1. The number of carbonyl (C=O) groups excluding carboxylic acids is 3. The average molecular weight is 365 g/mol. The molecule has 1 aromatic rings. The van der Waals surface area contributed by atoms with Crippen molar-refractivity contribution in [2.75, 3.05) is 37.6 Å². The summed E-state index contributed by atoms with van der Waals surface area (Å²) in [5, 5.41) is 0.613. The number of halogens is 1. The molecule has 2 aliphatic rings. The van der Waals surface area contributed by atoms with Gasteiger partial charge in [-0.05, 0) is 37.1 Å². The van der Waals surface area contributed by atoms with Gasteiger partial charge < -0.3 is 15.5 Å². The van der Waals surface area contributed by atoms with Crippen LogP contribution in [0.25, 0.3) is 0 Å². The van der Waals surface area contributed by atoms with Gasteiger partial charge in [-0.15, -0.1) is 0 Å². The zero-order valence-corrected chi connectivity index (χ0v) is 14.6. The van der Waals surface area contributed by atoms with Crippen molar-refractivity contribution in [3.8, 4) is 0 Å². The second-order valence-corrected chi connectivity index (χ2v) is 6.83. The number of carbonyl (C=O) groups is 3. The van der Waals surface area contributed by atoms with Crippen molar-refractivity contribution in [1.82, 2.24) is 9.80 Å². The van der Waals surface area contributed by atoms with E-state index in [1.54, 1.807) is 39.0 Å². The molecule has 0 unspecified atom stereocenters. The lowest BCUT2D eigenvalue weighted by Crippen LogP contribution is -2.46. The Morgan fingerprint density at radius 3 is 2.32 bits per heavy atom. The molecular formula is C17H21ClN4O3. The van der Waals surface area contributed by atoms with E-state index in [4.69, 9.17) is 17.3 Å². The van der Waals surface area contributed by atoms with E-state index in [0.717, 1.165) is 5.69 Å². The molecule has 134 valence electrons. The number of piperidine rings is 1. The summed E-state index contributed by atoms with van der Waals surface area (Å²) in [6.45, 7) is 2.12. The lowest BCUT2D eigenvalue weighted by Gasteiger charge is -2.31. The van der Waals surface area contributed by atoms with Crippen LogP contribution in [0, 0.1) is 5.92 Å². The number of rotatable bonds is 4. The topological polar surface area (TPSA) is 86.9 Å². The molecular weight excluding hydrogens is 344 g/mol. The Morgan fingerprint density at radius 2 is 1.72 bits per heavy atom. The highest BCUT2D eigenvalue weighted by molar-refractivity contribution is 6.30. The van der Waals surface area contributed by atoms with Crippen LogP contribution in [0.15, 0.2) is 24.3 Å². The predicted molar refractivity (Wildman–Crippen MR) is 94.3 cm³/mol. The van der Waals surface area contributed by atoms with Crippen LogP contribution in [0.3, 0.4) is 0 Å². The van der Waals surface area contributed by atoms with Crippen molar-refractivity contribution in [2.45, 2.75) is 12.8 Å². The third kappa shape index (κ3) is 3.87. The van der Waals surface area contributed by atoms with Gasteiger partial charge in [0.25, 0.3) is 0 Å². The van der Waals surface area contributed by atoms with Gasteiger partial charge in [0, 0.05) is 42.8 Å². The minimum atomic E-state index is -0.305. The van der Waals surface area contributed by atoms with Crippen LogP contribution < -0.4 is 10.6 Å². The van der Waals surface area contributed by atoms with Gasteiger partial charge in [0.1, 0.15) is 6.54 Å². The standard InChI is InChI=1S/C17H21ClN4O3/c18-13-1-3-14(4-2-13)22-10-9-21(17(22)25)11-15(23)20-7-5-12(6-8-20)16(19)24/h1-4,12H,5-11H2,(H2,19,24). The molecule has 0 saturated carbocycles. The van der Waals surface area contributed by atoms with E-state index in [-0.39, 0.29) is 30.3 Å². The zero-order valence-electron chi connectivity index (χ0n) is 13.9. The number of hydrogen-bond donors (Lipinski definition) is 1. The van der Waals surface area contributed by atoms with Crippen LogP contribution >= 0.6 is 11.6 Å². The van der Waals surface area contributed by atoms with Crippen molar-refractivity contribution in [1.29, 1.82) is 0 Å². The fourth-order valence-electron chi connectivity index (χ4n) is 3.27. The minimum Gasteiger partial charge on any atom is -0.369 e. The van der Waals surface area contributed by atoms with Crippen molar-refractivity contribution in [3.63, 3.8) is 0 Å². The van der Waals surface area contributed by atoms with Crippen LogP contribution in [0.2, 0.25) is 5.02 Å². The fourth-order valence-corrected chi connectivity index (χ4v) is 3.39. The normalized spacial score (nSPS) is 18.8. The second-order valence-electron chi connectivity index (χ2n) is 6.39. The van der Waals surface area contributed by atoms with Crippen molar-refractivity contribution in [2.24, 2.45) is 11.7 Å². The van der Waals surface area contributed by atoms with Crippen LogP contribution in [-0.2, 0) is 9.59 Å². The molecule has 0 atom stereocenters. The van der Waals surface area contributed by atoms with Gasteiger partial charge in [0.15, 0.2) is 0 Å². The van der Waals surface area contributed by atoms with Gasteiger partial charge in [-0.2, -0.15) is 0 Å². The van der Waals surface area contributed by atoms with Crippen LogP contribution in [0.1, 0.15) is 12.8 Å². The average Bonchev–Trinajstić information content (AvgIpc) is 2.96. The molecule has 0 radical (unpaired) electrons. The second kappa shape index (κ2) is 7.31. The summed E-state index contributed by atoms with van der Waals surface area (Å²) in [6, 6.07) is 6.88. The van der Waals surface area contributed by atoms with Gasteiger partial charge >= 0.3 is 6.03 Å². The van der Waals surface area contributed by atoms with Crippen LogP contribution in [0.5, 0.6) is 0 Å². The number of nitrogens with zero attached hydrogens (tertiary/aromatic N) is 3. The fraction of sp³-hybridized carbons (Fsp3) is 0.471. The monoisotopic (exact) mass is 364 g/mol. The highest BCUT2D eigenvalue weighted by atomic mass is 35.5. The quantitative estimate of drug-likeness (QED) is 0.873. The van der Waals surface area contributed by atoms with Gasteiger partial charge in [-0.25, -0.2) is 4.79 Å². The zero-order chi connectivity index (χ0) is 18.0. The number of urea groups is 1. The van der Waals surface area contributed by atoms with E-state index in [1.165, 1.54) is 0 Å². The summed E-state index contributed by atoms with van der Waals surface area (Å²) in [5.74, 6) is -0.549. The maximum Gasteiger partial charge on any atom is 0.325 e. The van der Waals surface area contributed by atoms with E-state index in [1.807, 2.05) is 0 Å². The Morgan fingerprint density at radius 1 is 1.08 bits per heavy atom. The Hall–Kier alpha value is -2.28. The Kier molecular flexibility index (Phi) is 5.13. The molecule has 7 nitrogen and oxygen atoms in total. The SMILES string of the molecule is NC(=O)C1CCN(C(=O)CN2CCN(c3ccc(Cl)cc3)C2=O)CC1. The third-order valence-corrected chi connectivity index (χ3v) is 5.06. The molecule has 25 heavy (non-hydrogen) atoms. The highest BCUT2D eigenvalue weighted by Crippen LogP contribution is 2.23. The Balaban J connectivity index is 1.55. The molecule has 8 heteroatoms. The Bertz CT molecular complexity index is 671. The molecule has 0 bridgehead atoms. The number of anilines is 1. The molecule has 1 aromatic carbocycles. The van der Waals surface area contributed by atoms with Gasteiger partial charge in [0.05, 0.1) is 0 Å². The largest absolute Gasteiger partial charge is 0.369 e. The van der Waals surface area contributed by atoms with Crippen LogP contribution in [0.4, 0.5) is 10.5 Å². The van der Waals surface area contributed by atoms with E-state index in [2.05, 4.69) is 0 Å². The molecule has 2 saturated heterocycles.